The fourth-order valence-electron chi connectivity index (χ4n) is 2.91. The van der Waals surface area contributed by atoms with Gasteiger partial charge in [-0.1, -0.05) is 78.9 Å². The minimum atomic E-state index is 0.749. The van der Waals surface area contributed by atoms with Gasteiger partial charge in [-0.15, -0.1) is 5.11 Å². The van der Waals surface area contributed by atoms with Crippen LogP contribution < -0.4 is 5.73 Å². The van der Waals surface area contributed by atoms with Gasteiger partial charge in [-0.2, -0.15) is 5.11 Å². The van der Waals surface area contributed by atoms with Crippen molar-refractivity contribution < 1.29 is 0 Å². The van der Waals surface area contributed by atoms with E-state index in [1.807, 2.05) is 78.9 Å². The molecule has 0 spiro atoms. The molecule has 0 heterocycles. The van der Waals surface area contributed by atoms with Gasteiger partial charge in [0.2, 0.25) is 0 Å². The molecule has 0 aliphatic carbocycles. The first kappa shape index (κ1) is 16.7. The maximum absolute atomic E-state index is 6.04. The van der Waals surface area contributed by atoms with E-state index in [1.165, 1.54) is 5.56 Å². The molecule has 0 amide bonds. The lowest BCUT2D eigenvalue weighted by molar-refractivity contribution is 1.24. The van der Waals surface area contributed by atoms with Crippen LogP contribution in [0.1, 0.15) is 11.1 Å². The van der Waals surface area contributed by atoms with Gasteiger partial charge in [-0.05, 0) is 35.4 Å². The summed E-state index contributed by atoms with van der Waals surface area (Å²) in [5.74, 6) is 0. The van der Waals surface area contributed by atoms with Crippen molar-refractivity contribution in [1.29, 1.82) is 0 Å². The summed E-state index contributed by atoms with van der Waals surface area (Å²) in [4.78, 5) is 0. The third kappa shape index (κ3) is 3.93. The lowest BCUT2D eigenvalue weighted by Crippen LogP contribution is -1.86. The SMILES string of the molecule is Nc1ccc(N=Nc2ccc(/C=C/c3ccccc3)cc2)c2ccccc12. The molecule has 0 saturated heterocycles. The highest BCUT2D eigenvalue weighted by atomic mass is 15.1. The van der Waals surface area contributed by atoms with E-state index in [4.69, 9.17) is 5.73 Å². The second kappa shape index (κ2) is 7.67. The molecule has 0 aliphatic heterocycles. The average Bonchev–Trinajstić information content (AvgIpc) is 2.73. The summed E-state index contributed by atoms with van der Waals surface area (Å²) in [7, 11) is 0. The summed E-state index contributed by atoms with van der Waals surface area (Å²) >= 11 is 0. The van der Waals surface area contributed by atoms with Crippen molar-refractivity contribution in [2.75, 3.05) is 5.73 Å². The van der Waals surface area contributed by atoms with Crippen LogP contribution in [0.15, 0.2) is 101 Å². The molecular weight excluding hydrogens is 330 g/mol. The van der Waals surface area contributed by atoms with Gasteiger partial charge in [0.15, 0.2) is 0 Å². The average molecular weight is 349 g/mol. The topological polar surface area (TPSA) is 50.7 Å². The third-order valence-corrected chi connectivity index (χ3v) is 4.37. The van der Waals surface area contributed by atoms with E-state index < -0.39 is 0 Å². The second-order valence-electron chi connectivity index (χ2n) is 6.26. The van der Waals surface area contributed by atoms with Gasteiger partial charge in [0.1, 0.15) is 0 Å². The van der Waals surface area contributed by atoms with E-state index in [9.17, 15) is 0 Å². The van der Waals surface area contributed by atoms with Crippen LogP contribution in [-0.2, 0) is 0 Å². The van der Waals surface area contributed by atoms with Crippen molar-refractivity contribution >= 4 is 40.0 Å². The molecule has 27 heavy (non-hydrogen) atoms. The first-order valence-corrected chi connectivity index (χ1v) is 8.82. The normalized spacial score (nSPS) is 11.6. The molecule has 4 rings (SSSR count). The summed E-state index contributed by atoms with van der Waals surface area (Å²) in [5.41, 5.74) is 10.7. The number of nitrogens with zero attached hydrogens (tertiary/aromatic N) is 2. The number of anilines is 1. The Hall–Kier alpha value is -3.72. The maximum Gasteiger partial charge on any atom is 0.0936 e. The Morgan fingerprint density at radius 2 is 1.19 bits per heavy atom. The number of benzene rings is 4. The summed E-state index contributed by atoms with van der Waals surface area (Å²) in [6.45, 7) is 0. The molecule has 0 aromatic heterocycles. The number of nitrogen functional groups attached to an aromatic ring is 1. The van der Waals surface area contributed by atoms with Gasteiger partial charge in [0.05, 0.1) is 11.4 Å². The molecule has 2 N–H and O–H groups in total. The number of azo groups is 1. The number of nitrogens with two attached hydrogens (primary N) is 1. The first-order valence-electron chi connectivity index (χ1n) is 8.82. The molecular formula is C24H19N3. The summed E-state index contributed by atoms with van der Waals surface area (Å²) in [6, 6.07) is 30.0. The summed E-state index contributed by atoms with van der Waals surface area (Å²) in [5, 5.41) is 10.8. The molecule has 0 fully saturated rings. The van der Waals surface area contributed by atoms with Crippen molar-refractivity contribution in [2.45, 2.75) is 0 Å². The van der Waals surface area contributed by atoms with Gasteiger partial charge in [-0.3, -0.25) is 0 Å². The molecule has 0 saturated carbocycles. The zero-order valence-electron chi connectivity index (χ0n) is 14.8. The van der Waals surface area contributed by atoms with E-state index in [1.54, 1.807) is 0 Å². The fraction of sp³-hybridized carbons (Fsp3) is 0. The lowest BCUT2D eigenvalue weighted by atomic mass is 10.1. The zero-order chi connectivity index (χ0) is 18.5. The molecule has 0 aliphatic rings. The Bertz CT molecular complexity index is 1110. The van der Waals surface area contributed by atoms with Crippen molar-refractivity contribution in [2.24, 2.45) is 10.2 Å². The smallest absolute Gasteiger partial charge is 0.0936 e. The van der Waals surface area contributed by atoms with Crippen LogP contribution >= 0.6 is 0 Å². The Morgan fingerprint density at radius 1 is 0.556 bits per heavy atom. The van der Waals surface area contributed by atoms with Crippen molar-refractivity contribution in [3.8, 4) is 0 Å². The van der Waals surface area contributed by atoms with Gasteiger partial charge in [0, 0.05) is 16.5 Å². The predicted octanol–water partition coefficient (Wildman–Crippen LogP) is 7.01. The van der Waals surface area contributed by atoms with Crippen LogP contribution in [0.3, 0.4) is 0 Å². The van der Waals surface area contributed by atoms with Gasteiger partial charge < -0.3 is 5.73 Å². The predicted molar refractivity (Wildman–Crippen MR) is 114 cm³/mol. The highest BCUT2D eigenvalue weighted by Crippen LogP contribution is 2.31. The van der Waals surface area contributed by atoms with Crippen molar-refractivity contribution in [3.05, 3.63) is 102 Å². The molecule has 0 unspecified atom stereocenters. The molecule has 0 atom stereocenters. The third-order valence-electron chi connectivity index (χ3n) is 4.37. The summed E-state index contributed by atoms with van der Waals surface area (Å²) < 4.78 is 0. The summed E-state index contributed by atoms with van der Waals surface area (Å²) in [6.07, 6.45) is 4.18. The van der Waals surface area contributed by atoms with Gasteiger partial charge in [-0.25, -0.2) is 0 Å². The van der Waals surface area contributed by atoms with Gasteiger partial charge >= 0.3 is 0 Å². The highest BCUT2D eigenvalue weighted by molar-refractivity contribution is 5.99. The zero-order valence-corrected chi connectivity index (χ0v) is 14.8. The maximum atomic E-state index is 6.04. The molecule has 130 valence electrons. The van der Waals surface area contributed by atoms with E-state index in [0.717, 1.165) is 33.4 Å². The standard InChI is InChI=1S/C24H19N3/c25-23-16-17-24(22-9-5-4-8-21(22)23)27-26-20-14-12-19(13-15-20)11-10-18-6-2-1-3-7-18/h1-17H,25H2/b11-10+,27-26?. The highest BCUT2D eigenvalue weighted by Gasteiger charge is 2.02. The Kier molecular flexibility index (Phi) is 4.75. The van der Waals surface area contributed by atoms with Crippen molar-refractivity contribution in [1.82, 2.24) is 0 Å². The lowest BCUT2D eigenvalue weighted by Gasteiger charge is -2.04. The van der Waals surface area contributed by atoms with E-state index >= 15 is 0 Å². The second-order valence-corrected chi connectivity index (χ2v) is 6.26. The first-order chi connectivity index (χ1) is 13.3. The van der Waals surface area contributed by atoms with Crippen LogP contribution in [0, 0.1) is 0 Å². The van der Waals surface area contributed by atoms with E-state index in [2.05, 4.69) is 34.5 Å². The minimum absolute atomic E-state index is 0.749. The number of rotatable bonds is 4. The Labute approximate surface area is 158 Å². The monoisotopic (exact) mass is 349 g/mol. The molecule has 4 aromatic carbocycles. The van der Waals surface area contributed by atoms with E-state index in [0.29, 0.717) is 0 Å². The molecule has 3 nitrogen and oxygen atoms in total. The number of fused-ring (bicyclic) bond motifs is 1. The van der Waals surface area contributed by atoms with Crippen molar-refractivity contribution in [3.63, 3.8) is 0 Å². The largest absolute Gasteiger partial charge is 0.398 e. The molecule has 0 radical (unpaired) electrons. The molecule has 0 bridgehead atoms. The number of hydrogen-bond acceptors (Lipinski definition) is 3. The quantitative estimate of drug-likeness (QED) is 0.240. The van der Waals surface area contributed by atoms with Crippen LogP contribution in [-0.4, -0.2) is 0 Å². The van der Waals surface area contributed by atoms with Crippen LogP contribution in [0.4, 0.5) is 17.1 Å². The minimum Gasteiger partial charge on any atom is -0.398 e. The molecule has 3 heteroatoms. The van der Waals surface area contributed by atoms with Crippen LogP contribution in [0.2, 0.25) is 0 Å². The van der Waals surface area contributed by atoms with Crippen LogP contribution in [0.25, 0.3) is 22.9 Å². The van der Waals surface area contributed by atoms with E-state index in [-0.39, 0.29) is 0 Å². The van der Waals surface area contributed by atoms with Gasteiger partial charge in [0.25, 0.3) is 0 Å². The number of hydrogen-bond donors (Lipinski definition) is 1. The Morgan fingerprint density at radius 3 is 1.93 bits per heavy atom. The Balaban J connectivity index is 1.54. The van der Waals surface area contributed by atoms with Crippen LogP contribution in [0.5, 0.6) is 0 Å². The molecule has 4 aromatic rings. The fourth-order valence-corrected chi connectivity index (χ4v) is 2.91.